The summed E-state index contributed by atoms with van der Waals surface area (Å²) in [7, 11) is 0. The lowest BCUT2D eigenvalue weighted by Crippen LogP contribution is -2.28. The van der Waals surface area contributed by atoms with Crippen molar-refractivity contribution in [2.24, 2.45) is 5.92 Å². The number of unbranched alkanes of at least 4 members (excludes halogenated alkanes) is 1. The maximum absolute atomic E-state index is 11.3. The highest BCUT2D eigenvalue weighted by molar-refractivity contribution is 5.77. The van der Waals surface area contributed by atoms with Crippen molar-refractivity contribution in [3.8, 4) is 0 Å². The van der Waals surface area contributed by atoms with E-state index in [9.17, 15) is 4.79 Å². The van der Waals surface area contributed by atoms with Gasteiger partial charge in [0.15, 0.2) is 0 Å². The van der Waals surface area contributed by atoms with Crippen LogP contribution in [-0.2, 0) is 4.79 Å². The predicted molar refractivity (Wildman–Crippen MR) is 76.8 cm³/mol. The summed E-state index contributed by atoms with van der Waals surface area (Å²) in [5.41, 5.74) is 2.43. The molecule has 2 N–H and O–H groups in total. The molecule has 0 aromatic heterocycles. The van der Waals surface area contributed by atoms with Crippen LogP contribution in [-0.4, -0.2) is 19.0 Å². The van der Waals surface area contributed by atoms with Gasteiger partial charge in [0, 0.05) is 24.7 Å². The first kappa shape index (κ1) is 14.6. The maximum Gasteiger partial charge on any atom is 0.222 e. The second-order valence-corrected chi connectivity index (χ2v) is 4.95. The molecule has 0 spiro atoms. The van der Waals surface area contributed by atoms with Crippen molar-refractivity contribution in [1.29, 1.82) is 0 Å². The van der Waals surface area contributed by atoms with Gasteiger partial charge >= 0.3 is 0 Å². The summed E-state index contributed by atoms with van der Waals surface area (Å²) in [6.07, 6.45) is 2.07. The zero-order valence-electron chi connectivity index (χ0n) is 11.6. The second-order valence-electron chi connectivity index (χ2n) is 4.95. The molecule has 3 nitrogen and oxygen atoms in total. The fourth-order valence-corrected chi connectivity index (χ4v) is 1.57. The van der Waals surface area contributed by atoms with E-state index in [1.54, 1.807) is 0 Å². The van der Waals surface area contributed by atoms with E-state index in [0.717, 1.165) is 31.6 Å². The van der Waals surface area contributed by atoms with Crippen LogP contribution in [0.15, 0.2) is 24.3 Å². The topological polar surface area (TPSA) is 41.1 Å². The molecular formula is C15H24N2O. The number of rotatable bonds is 7. The third kappa shape index (κ3) is 5.71. The largest absolute Gasteiger partial charge is 0.385 e. The minimum atomic E-state index is 0.0793. The van der Waals surface area contributed by atoms with E-state index in [2.05, 4.69) is 41.8 Å². The normalized spacial score (nSPS) is 10.4. The Bertz CT molecular complexity index is 357. The maximum atomic E-state index is 11.3. The average Bonchev–Trinajstić information content (AvgIpc) is 2.35. The summed E-state index contributed by atoms with van der Waals surface area (Å²) in [4.78, 5) is 11.3. The van der Waals surface area contributed by atoms with Crippen molar-refractivity contribution in [2.45, 2.75) is 33.6 Å². The summed E-state index contributed by atoms with van der Waals surface area (Å²) >= 11 is 0. The third-order valence-electron chi connectivity index (χ3n) is 2.81. The van der Waals surface area contributed by atoms with E-state index in [1.807, 2.05) is 13.8 Å². The molecular weight excluding hydrogens is 224 g/mol. The fraction of sp³-hybridized carbons (Fsp3) is 0.533. The Kier molecular flexibility index (Phi) is 6.26. The first-order valence-electron chi connectivity index (χ1n) is 6.68. The number of nitrogens with one attached hydrogen (secondary N) is 2. The molecule has 0 unspecified atom stereocenters. The number of carbonyl (C=O) groups is 1. The van der Waals surface area contributed by atoms with Crippen LogP contribution >= 0.6 is 0 Å². The van der Waals surface area contributed by atoms with E-state index < -0.39 is 0 Å². The Labute approximate surface area is 110 Å². The quantitative estimate of drug-likeness (QED) is 0.728. The lowest BCUT2D eigenvalue weighted by Gasteiger charge is -2.08. The molecule has 0 saturated heterocycles. The predicted octanol–water partition coefficient (Wildman–Crippen LogP) is 2.96. The highest BCUT2D eigenvalue weighted by Gasteiger charge is 2.04. The number of hydrogen-bond acceptors (Lipinski definition) is 2. The van der Waals surface area contributed by atoms with E-state index in [1.165, 1.54) is 5.56 Å². The minimum Gasteiger partial charge on any atom is -0.385 e. The molecule has 0 bridgehead atoms. The molecule has 0 radical (unpaired) electrons. The van der Waals surface area contributed by atoms with Gasteiger partial charge in [0.1, 0.15) is 0 Å². The number of benzene rings is 1. The summed E-state index contributed by atoms with van der Waals surface area (Å²) in [6, 6.07) is 8.39. The van der Waals surface area contributed by atoms with Crippen molar-refractivity contribution >= 4 is 11.6 Å². The van der Waals surface area contributed by atoms with Gasteiger partial charge in [-0.15, -0.1) is 0 Å². The second kappa shape index (κ2) is 7.75. The van der Waals surface area contributed by atoms with Gasteiger partial charge in [-0.3, -0.25) is 4.79 Å². The molecule has 18 heavy (non-hydrogen) atoms. The highest BCUT2D eigenvalue weighted by atomic mass is 16.1. The third-order valence-corrected chi connectivity index (χ3v) is 2.81. The van der Waals surface area contributed by atoms with Gasteiger partial charge < -0.3 is 10.6 Å². The minimum absolute atomic E-state index is 0.0793. The van der Waals surface area contributed by atoms with Gasteiger partial charge in [-0.1, -0.05) is 31.5 Å². The standard InChI is InChI=1S/C15H24N2O/c1-12(2)15(18)17-11-5-4-10-16-14-8-6-13(3)7-9-14/h6-9,12,16H,4-5,10-11H2,1-3H3,(H,17,18). The van der Waals surface area contributed by atoms with Crippen LogP contribution in [0.2, 0.25) is 0 Å². The van der Waals surface area contributed by atoms with Crippen LogP contribution < -0.4 is 10.6 Å². The van der Waals surface area contributed by atoms with Gasteiger partial charge in [0.2, 0.25) is 5.91 Å². The molecule has 0 heterocycles. The Balaban J connectivity index is 2.05. The van der Waals surface area contributed by atoms with Crippen molar-refractivity contribution in [1.82, 2.24) is 5.32 Å². The van der Waals surface area contributed by atoms with Gasteiger partial charge in [-0.25, -0.2) is 0 Å². The van der Waals surface area contributed by atoms with Crippen LogP contribution in [0.1, 0.15) is 32.3 Å². The van der Waals surface area contributed by atoms with E-state index in [4.69, 9.17) is 0 Å². The summed E-state index contributed by atoms with van der Waals surface area (Å²) in [5, 5.41) is 6.29. The van der Waals surface area contributed by atoms with Crippen LogP contribution in [0.3, 0.4) is 0 Å². The van der Waals surface area contributed by atoms with Crippen LogP contribution in [0.5, 0.6) is 0 Å². The SMILES string of the molecule is Cc1ccc(NCCCCNC(=O)C(C)C)cc1. The molecule has 0 fully saturated rings. The molecule has 100 valence electrons. The van der Waals surface area contributed by atoms with Gasteiger partial charge in [-0.05, 0) is 31.9 Å². The molecule has 0 atom stereocenters. The zero-order valence-corrected chi connectivity index (χ0v) is 11.6. The Morgan fingerprint density at radius 1 is 1.11 bits per heavy atom. The molecule has 1 aromatic carbocycles. The number of carbonyl (C=O) groups excluding carboxylic acids is 1. The zero-order chi connectivity index (χ0) is 13.4. The highest BCUT2D eigenvalue weighted by Crippen LogP contribution is 2.08. The Hall–Kier alpha value is -1.51. The number of hydrogen-bond donors (Lipinski definition) is 2. The number of aryl methyl sites for hydroxylation is 1. The van der Waals surface area contributed by atoms with E-state index in [-0.39, 0.29) is 11.8 Å². The molecule has 1 rings (SSSR count). The molecule has 0 saturated carbocycles. The van der Waals surface area contributed by atoms with Crippen molar-refractivity contribution in [3.05, 3.63) is 29.8 Å². The van der Waals surface area contributed by atoms with Crippen molar-refractivity contribution in [3.63, 3.8) is 0 Å². The molecule has 0 aliphatic carbocycles. The molecule has 3 heteroatoms. The summed E-state index contributed by atoms with van der Waals surface area (Å²) in [6.45, 7) is 7.62. The molecule has 1 aromatic rings. The van der Waals surface area contributed by atoms with Gasteiger partial charge in [0.05, 0.1) is 0 Å². The summed E-state index contributed by atoms with van der Waals surface area (Å²) in [5.74, 6) is 0.220. The average molecular weight is 248 g/mol. The first-order chi connectivity index (χ1) is 8.59. The van der Waals surface area contributed by atoms with E-state index in [0.29, 0.717) is 0 Å². The smallest absolute Gasteiger partial charge is 0.222 e. The molecule has 0 aliphatic heterocycles. The Morgan fingerprint density at radius 3 is 2.33 bits per heavy atom. The van der Waals surface area contributed by atoms with Crippen LogP contribution in [0, 0.1) is 12.8 Å². The number of amides is 1. The molecule has 1 amide bonds. The lowest BCUT2D eigenvalue weighted by molar-refractivity contribution is -0.123. The fourth-order valence-electron chi connectivity index (χ4n) is 1.57. The van der Waals surface area contributed by atoms with Crippen LogP contribution in [0.25, 0.3) is 0 Å². The van der Waals surface area contributed by atoms with Crippen molar-refractivity contribution in [2.75, 3.05) is 18.4 Å². The van der Waals surface area contributed by atoms with Crippen molar-refractivity contribution < 1.29 is 4.79 Å². The van der Waals surface area contributed by atoms with Gasteiger partial charge in [0.25, 0.3) is 0 Å². The number of anilines is 1. The molecule has 0 aliphatic rings. The first-order valence-corrected chi connectivity index (χ1v) is 6.68. The van der Waals surface area contributed by atoms with Crippen LogP contribution in [0.4, 0.5) is 5.69 Å². The lowest BCUT2D eigenvalue weighted by atomic mass is 10.2. The van der Waals surface area contributed by atoms with E-state index >= 15 is 0 Å². The monoisotopic (exact) mass is 248 g/mol. The van der Waals surface area contributed by atoms with Gasteiger partial charge in [-0.2, -0.15) is 0 Å². The Morgan fingerprint density at radius 2 is 1.72 bits per heavy atom. The summed E-state index contributed by atoms with van der Waals surface area (Å²) < 4.78 is 0.